The summed E-state index contributed by atoms with van der Waals surface area (Å²) in [6, 6.07) is 2.52. The Balaban J connectivity index is 0.00000176. The van der Waals surface area contributed by atoms with Gasteiger partial charge in [-0.15, -0.1) is 12.4 Å². The normalized spacial score (nSPS) is 17.7. The monoisotopic (exact) mass is 319 g/mol. The topological polar surface area (TPSA) is 82.7 Å². The molecule has 2 aromatic heterocycles. The van der Waals surface area contributed by atoms with Crippen molar-refractivity contribution >= 4 is 18.2 Å². The Bertz CT molecular complexity index is 691. The molecule has 7 nitrogen and oxygen atoms in total. The molecule has 1 unspecified atom stereocenters. The fraction of sp³-hybridized carbons (Fsp3) is 0.429. The van der Waals surface area contributed by atoms with Crippen molar-refractivity contribution in [2.45, 2.75) is 13.0 Å². The zero-order valence-corrected chi connectivity index (χ0v) is 13.3. The molecular formula is C14H18ClN7. The van der Waals surface area contributed by atoms with E-state index in [4.69, 9.17) is 0 Å². The second-order valence-corrected chi connectivity index (χ2v) is 5.24. The average molecular weight is 320 g/mol. The molecule has 22 heavy (non-hydrogen) atoms. The van der Waals surface area contributed by atoms with Crippen molar-refractivity contribution in [1.29, 1.82) is 5.26 Å². The largest absolute Gasteiger partial charge is 0.352 e. The number of hydrogen-bond donors (Lipinski definition) is 1. The summed E-state index contributed by atoms with van der Waals surface area (Å²) >= 11 is 0. The van der Waals surface area contributed by atoms with Gasteiger partial charge in [0.05, 0.1) is 12.4 Å². The minimum Gasteiger partial charge on any atom is -0.352 e. The molecule has 0 saturated carbocycles. The quantitative estimate of drug-likeness (QED) is 0.888. The molecule has 8 heteroatoms. The molecule has 0 radical (unpaired) electrons. The number of nitrogens with zero attached hydrogens (tertiary/aromatic N) is 6. The number of nitriles is 1. The maximum atomic E-state index is 9.23. The van der Waals surface area contributed by atoms with E-state index in [2.05, 4.69) is 38.3 Å². The highest BCUT2D eigenvalue weighted by Crippen LogP contribution is 2.22. The molecule has 2 aromatic rings. The Morgan fingerprint density at radius 3 is 2.86 bits per heavy atom. The van der Waals surface area contributed by atoms with Gasteiger partial charge in [-0.25, -0.2) is 9.97 Å². The lowest BCUT2D eigenvalue weighted by molar-refractivity contribution is 0.482. The first-order valence-electron chi connectivity index (χ1n) is 6.92. The molecule has 0 amide bonds. The van der Waals surface area contributed by atoms with Crippen molar-refractivity contribution in [2.24, 2.45) is 7.05 Å². The summed E-state index contributed by atoms with van der Waals surface area (Å²) < 4.78 is 1.69. The van der Waals surface area contributed by atoms with E-state index >= 15 is 0 Å². The first kappa shape index (κ1) is 16.2. The molecule has 0 aromatic carbocycles. The first-order valence-corrected chi connectivity index (χ1v) is 6.92. The van der Waals surface area contributed by atoms with E-state index in [1.165, 1.54) is 0 Å². The van der Waals surface area contributed by atoms with Gasteiger partial charge in [0.1, 0.15) is 17.6 Å². The predicted octanol–water partition coefficient (Wildman–Crippen LogP) is 0.969. The number of halogens is 1. The SMILES string of the molecule is CC1CN(c2cnc(C#N)c(-c3cnn(C)c3)n2)CCN1.Cl. The average Bonchev–Trinajstić information content (AvgIpc) is 2.93. The number of anilines is 1. The standard InChI is InChI=1S/C14H17N7.ClH/c1-10-8-21(4-3-16-10)13-7-17-12(5-15)14(19-13)11-6-18-20(2)9-11;/h6-7,9-10,16H,3-4,8H2,1-2H3;1H. The Hall–Kier alpha value is -2.17. The number of piperazine rings is 1. The zero-order valence-electron chi connectivity index (χ0n) is 12.5. The summed E-state index contributed by atoms with van der Waals surface area (Å²) in [6.45, 7) is 4.83. The van der Waals surface area contributed by atoms with Crippen LogP contribution in [0.1, 0.15) is 12.6 Å². The minimum atomic E-state index is 0. The lowest BCUT2D eigenvalue weighted by atomic mass is 10.2. The van der Waals surface area contributed by atoms with Gasteiger partial charge in [-0.2, -0.15) is 10.4 Å². The van der Waals surface area contributed by atoms with Gasteiger partial charge in [-0.05, 0) is 6.92 Å². The van der Waals surface area contributed by atoms with E-state index in [0.717, 1.165) is 31.0 Å². The highest BCUT2D eigenvalue weighted by Gasteiger charge is 2.19. The summed E-state index contributed by atoms with van der Waals surface area (Å²) in [4.78, 5) is 11.1. The van der Waals surface area contributed by atoms with E-state index in [0.29, 0.717) is 17.4 Å². The van der Waals surface area contributed by atoms with E-state index in [1.807, 2.05) is 13.2 Å². The second-order valence-electron chi connectivity index (χ2n) is 5.24. The van der Waals surface area contributed by atoms with Crippen LogP contribution in [0.25, 0.3) is 11.3 Å². The molecule has 0 aliphatic carbocycles. The molecule has 3 heterocycles. The van der Waals surface area contributed by atoms with Gasteiger partial charge in [-0.1, -0.05) is 0 Å². The van der Waals surface area contributed by atoms with Crippen LogP contribution < -0.4 is 10.2 Å². The summed E-state index contributed by atoms with van der Waals surface area (Å²) in [5.41, 5.74) is 1.73. The molecule has 1 aliphatic rings. The van der Waals surface area contributed by atoms with Crippen LogP contribution in [0.5, 0.6) is 0 Å². The molecule has 0 bridgehead atoms. The van der Waals surface area contributed by atoms with Gasteiger partial charge >= 0.3 is 0 Å². The van der Waals surface area contributed by atoms with E-state index in [1.54, 1.807) is 17.1 Å². The fourth-order valence-electron chi connectivity index (χ4n) is 2.50. The molecule has 0 spiro atoms. The number of rotatable bonds is 2. The van der Waals surface area contributed by atoms with Crippen LogP contribution in [0.15, 0.2) is 18.6 Å². The third-order valence-corrected chi connectivity index (χ3v) is 3.54. The van der Waals surface area contributed by atoms with Crippen LogP contribution in [0.3, 0.4) is 0 Å². The number of hydrogen-bond acceptors (Lipinski definition) is 6. The molecule has 1 atom stereocenters. The smallest absolute Gasteiger partial charge is 0.167 e. The van der Waals surface area contributed by atoms with Crippen LogP contribution >= 0.6 is 12.4 Å². The van der Waals surface area contributed by atoms with Crippen molar-refractivity contribution < 1.29 is 0 Å². The van der Waals surface area contributed by atoms with E-state index in [9.17, 15) is 5.26 Å². The van der Waals surface area contributed by atoms with Crippen LogP contribution in [0.2, 0.25) is 0 Å². The molecule has 1 aliphatic heterocycles. The predicted molar refractivity (Wildman–Crippen MR) is 85.9 cm³/mol. The maximum Gasteiger partial charge on any atom is 0.167 e. The molecule has 116 valence electrons. The van der Waals surface area contributed by atoms with Crippen LogP contribution in [-0.4, -0.2) is 45.4 Å². The summed E-state index contributed by atoms with van der Waals surface area (Å²) in [7, 11) is 1.84. The first-order chi connectivity index (χ1) is 10.2. The lowest BCUT2D eigenvalue weighted by Crippen LogP contribution is -2.49. The van der Waals surface area contributed by atoms with Crippen LogP contribution in [-0.2, 0) is 7.05 Å². The fourth-order valence-corrected chi connectivity index (χ4v) is 2.50. The van der Waals surface area contributed by atoms with Gasteiger partial charge in [0, 0.05) is 44.5 Å². The summed E-state index contributed by atoms with van der Waals surface area (Å²) in [6.07, 6.45) is 5.22. The van der Waals surface area contributed by atoms with Crippen molar-refractivity contribution in [3.05, 3.63) is 24.3 Å². The summed E-state index contributed by atoms with van der Waals surface area (Å²) in [5, 5.41) is 16.8. The zero-order chi connectivity index (χ0) is 14.8. The number of aryl methyl sites for hydroxylation is 1. The molecule has 3 rings (SSSR count). The van der Waals surface area contributed by atoms with E-state index in [-0.39, 0.29) is 12.4 Å². The van der Waals surface area contributed by atoms with E-state index < -0.39 is 0 Å². The van der Waals surface area contributed by atoms with Gasteiger partial charge < -0.3 is 10.2 Å². The van der Waals surface area contributed by atoms with Crippen LogP contribution in [0, 0.1) is 11.3 Å². The van der Waals surface area contributed by atoms with Gasteiger partial charge in [0.25, 0.3) is 0 Å². The highest BCUT2D eigenvalue weighted by atomic mass is 35.5. The van der Waals surface area contributed by atoms with Crippen molar-refractivity contribution in [2.75, 3.05) is 24.5 Å². The molecule has 1 N–H and O–H groups in total. The molecule has 1 saturated heterocycles. The third-order valence-electron chi connectivity index (χ3n) is 3.54. The molecule has 1 fully saturated rings. The lowest BCUT2D eigenvalue weighted by Gasteiger charge is -2.32. The van der Waals surface area contributed by atoms with Gasteiger partial charge in [-0.3, -0.25) is 4.68 Å². The Labute approximate surface area is 135 Å². The number of aromatic nitrogens is 4. The van der Waals surface area contributed by atoms with Crippen molar-refractivity contribution in [1.82, 2.24) is 25.1 Å². The Kier molecular flexibility index (Phi) is 4.96. The molecular weight excluding hydrogens is 302 g/mol. The van der Waals surface area contributed by atoms with Gasteiger partial charge in [0.15, 0.2) is 5.69 Å². The van der Waals surface area contributed by atoms with Crippen LogP contribution in [0.4, 0.5) is 5.82 Å². The van der Waals surface area contributed by atoms with Crippen molar-refractivity contribution in [3.8, 4) is 17.3 Å². The van der Waals surface area contributed by atoms with Crippen molar-refractivity contribution in [3.63, 3.8) is 0 Å². The van der Waals surface area contributed by atoms with Gasteiger partial charge in [0.2, 0.25) is 0 Å². The minimum absolute atomic E-state index is 0. The highest BCUT2D eigenvalue weighted by molar-refractivity contribution is 5.85. The Morgan fingerprint density at radius 1 is 1.41 bits per heavy atom. The summed E-state index contributed by atoms with van der Waals surface area (Å²) in [5.74, 6) is 0.807. The number of nitrogens with one attached hydrogen (secondary N) is 1. The Morgan fingerprint density at radius 2 is 2.23 bits per heavy atom. The second kappa shape index (κ2) is 6.73. The third kappa shape index (κ3) is 3.18. The maximum absolute atomic E-state index is 9.23.